The second kappa shape index (κ2) is 5.82. The lowest BCUT2D eigenvalue weighted by Crippen LogP contribution is -2.16. The summed E-state index contributed by atoms with van der Waals surface area (Å²) in [6.45, 7) is 0. The molecule has 3 aromatic rings. The first-order chi connectivity index (χ1) is 10.1. The van der Waals surface area contributed by atoms with Crippen LogP contribution in [0.2, 0.25) is 0 Å². The summed E-state index contributed by atoms with van der Waals surface area (Å²) < 4.78 is 0.945. The van der Waals surface area contributed by atoms with E-state index in [-0.39, 0.29) is 11.7 Å². The number of H-pyrrole nitrogens is 2. The van der Waals surface area contributed by atoms with Gasteiger partial charge in [-0.15, -0.1) is 0 Å². The van der Waals surface area contributed by atoms with Gasteiger partial charge in [0, 0.05) is 10.0 Å². The molecule has 2 aromatic heterocycles. The number of nitrogen functional groups attached to an aromatic ring is 1. The standard InChI is InChI=1S/C13H10BrN5OS/c14-8-3-1-7(2-4-8)9(20)5-21-12-10-11(17-6-16-10)18-13(15)19-12/h1-4,6H,5H2,(H3,15,16,17,18,19)/p+1. The van der Waals surface area contributed by atoms with E-state index in [0.717, 1.165) is 15.0 Å². The summed E-state index contributed by atoms with van der Waals surface area (Å²) in [5.74, 6) is 0.618. The molecule has 0 aliphatic rings. The van der Waals surface area contributed by atoms with Gasteiger partial charge in [-0.3, -0.25) is 10.5 Å². The predicted molar refractivity (Wildman–Crippen MR) is 84.1 cm³/mol. The summed E-state index contributed by atoms with van der Waals surface area (Å²) in [5.41, 5.74) is 7.65. The van der Waals surface area contributed by atoms with E-state index >= 15 is 0 Å². The molecule has 0 saturated carbocycles. The number of hydrogen-bond donors (Lipinski definition) is 2. The van der Waals surface area contributed by atoms with Crippen LogP contribution in [0.4, 0.5) is 5.95 Å². The minimum atomic E-state index is 0.0453. The van der Waals surface area contributed by atoms with E-state index in [1.165, 1.54) is 11.8 Å². The van der Waals surface area contributed by atoms with Crippen molar-refractivity contribution < 1.29 is 9.78 Å². The Morgan fingerprint density at radius 3 is 2.90 bits per heavy atom. The molecule has 0 radical (unpaired) electrons. The Morgan fingerprint density at radius 1 is 1.38 bits per heavy atom. The van der Waals surface area contributed by atoms with Crippen molar-refractivity contribution in [2.45, 2.75) is 5.03 Å². The lowest BCUT2D eigenvalue weighted by Gasteiger charge is -2.01. The van der Waals surface area contributed by atoms with Crippen LogP contribution >= 0.6 is 27.7 Å². The third-order valence-electron chi connectivity index (χ3n) is 2.83. The molecule has 0 atom stereocenters. The van der Waals surface area contributed by atoms with Crippen molar-refractivity contribution in [1.82, 2.24) is 15.0 Å². The highest BCUT2D eigenvalue weighted by molar-refractivity contribution is 9.10. The SMILES string of the molecule is Nc1nc2nc[nH]c2c(SCC(=O)c2ccc(Br)cc2)[nH+]1. The summed E-state index contributed by atoms with van der Waals surface area (Å²) in [4.78, 5) is 26.2. The molecule has 21 heavy (non-hydrogen) atoms. The van der Waals surface area contributed by atoms with Gasteiger partial charge in [-0.1, -0.05) is 39.8 Å². The first kappa shape index (κ1) is 14.0. The fourth-order valence-corrected chi connectivity index (χ4v) is 3.00. The molecule has 3 rings (SSSR count). The van der Waals surface area contributed by atoms with Crippen molar-refractivity contribution in [2.75, 3.05) is 11.5 Å². The number of thioether (sulfide) groups is 1. The van der Waals surface area contributed by atoms with Gasteiger partial charge in [-0.25, -0.2) is 9.97 Å². The quantitative estimate of drug-likeness (QED) is 0.419. The number of anilines is 1. The first-order valence-corrected chi connectivity index (χ1v) is 7.85. The third-order valence-corrected chi connectivity index (χ3v) is 4.36. The van der Waals surface area contributed by atoms with Crippen LogP contribution in [0.25, 0.3) is 11.2 Å². The molecule has 6 nitrogen and oxygen atoms in total. The van der Waals surface area contributed by atoms with Gasteiger partial charge in [0.25, 0.3) is 5.65 Å². The number of nitrogens with one attached hydrogen (secondary N) is 2. The Balaban J connectivity index is 1.78. The van der Waals surface area contributed by atoms with Crippen LogP contribution < -0.4 is 10.7 Å². The van der Waals surface area contributed by atoms with Crippen LogP contribution in [0.5, 0.6) is 0 Å². The molecule has 0 amide bonds. The topological polar surface area (TPSA) is 98.8 Å². The monoisotopic (exact) mass is 364 g/mol. The zero-order valence-corrected chi connectivity index (χ0v) is 13.2. The summed E-state index contributed by atoms with van der Waals surface area (Å²) in [5, 5.41) is 0.750. The highest BCUT2D eigenvalue weighted by Crippen LogP contribution is 2.22. The number of ketones is 1. The molecule has 0 bridgehead atoms. The van der Waals surface area contributed by atoms with E-state index in [1.807, 2.05) is 12.1 Å². The van der Waals surface area contributed by atoms with E-state index in [1.54, 1.807) is 18.5 Å². The van der Waals surface area contributed by atoms with Gasteiger partial charge in [-0.05, 0) is 17.1 Å². The number of imidazole rings is 1. The van der Waals surface area contributed by atoms with E-state index < -0.39 is 0 Å². The Labute approximate surface area is 132 Å². The lowest BCUT2D eigenvalue weighted by atomic mass is 10.2. The molecule has 8 heteroatoms. The molecular formula is C13H11BrN5OS+. The van der Waals surface area contributed by atoms with Gasteiger partial charge in [0.15, 0.2) is 10.8 Å². The minimum Gasteiger partial charge on any atom is -0.339 e. The van der Waals surface area contributed by atoms with Crippen molar-refractivity contribution in [3.05, 3.63) is 40.6 Å². The number of aromatic amines is 2. The maximum Gasteiger partial charge on any atom is 0.390 e. The van der Waals surface area contributed by atoms with Gasteiger partial charge in [-0.2, -0.15) is 0 Å². The van der Waals surface area contributed by atoms with Crippen molar-refractivity contribution in [3.8, 4) is 0 Å². The number of hydrogen-bond acceptors (Lipinski definition) is 5. The van der Waals surface area contributed by atoms with E-state index in [0.29, 0.717) is 17.0 Å². The molecular weight excluding hydrogens is 354 g/mol. The number of halogens is 1. The van der Waals surface area contributed by atoms with E-state index in [4.69, 9.17) is 5.73 Å². The zero-order chi connectivity index (χ0) is 14.8. The van der Waals surface area contributed by atoms with Crippen LogP contribution in [0, 0.1) is 0 Å². The second-order valence-electron chi connectivity index (χ2n) is 4.27. The fourth-order valence-electron chi connectivity index (χ4n) is 1.82. The van der Waals surface area contributed by atoms with Crippen molar-refractivity contribution >= 4 is 50.6 Å². The van der Waals surface area contributed by atoms with Crippen molar-refractivity contribution in [3.63, 3.8) is 0 Å². The van der Waals surface area contributed by atoms with Gasteiger partial charge in [0.2, 0.25) is 0 Å². The molecule has 0 fully saturated rings. The van der Waals surface area contributed by atoms with Crippen LogP contribution in [0.1, 0.15) is 10.4 Å². The number of rotatable bonds is 4. The molecule has 2 heterocycles. The highest BCUT2D eigenvalue weighted by atomic mass is 79.9. The number of carbonyl (C=O) groups excluding carboxylic acids is 1. The van der Waals surface area contributed by atoms with Gasteiger partial charge in [0.05, 0.1) is 12.1 Å². The number of carbonyl (C=O) groups is 1. The average Bonchev–Trinajstić information content (AvgIpc) is 2.93. The van der Waals surface area contributed by atoms with Gasteiger partial charge >= 0.3 is 5.95 Å². The predicted octanol–water partition coefficient (Wildman–Crippen LogP) is 2.09. The minimum absolute atomic E-state index is 0.0453. The van der Waals surface area contributed by atoms with E-state index in [9.17, 15) is 4.79 Å². The van der Waals surface area contributed by atoms with Crippen molar-refractivity contribution in [1.29, 1.82) is 0 Å². The fraction of sp³-hybridized carbons (Fsp3) is 0.0769. The maximum absolute atomic E-state index is 12.2. The summed E-state index contributed by atoms with van der Waals surface area (Å²) in [7, 11) is 0. The van der Waals surface area contributed by atoms with Gasteiger partial charge < -0.3 is 4.98 Å². The van der Waals surface area contributed by atoms with Crippen LogP contribution in [0.3, 0.4) is 0 Å². The molecule has 0 saturated heterocycles. The Morgan fingerprint density at radius 2 is 2.14 bits per heavy atom. The summed E-state index contributed by atoms with van der Waals surface area (Å²) in [6.07, 6.45) is 1.55. The first-order valence-electron chi connectivity index (χ1n) is 6.07. The molecule has 4 N–H and O–H groups in total. The number of fused-ring (bicyclic) bond motifs is 1. The summed E-state index contributed by atoms with van der Waals surface area (Å²) >= 11 is 4.72. The maximum atomic E-state index is 12.2. The smallest absolute Gasteiger partial charge is 0.339 e. The normalized spacial score (nSPS) is 10.9. The molecule has 0 aliphatic heterocycles. The van der Waals surface area contributed by atoms with Gasteiger partial charge in [0.1, 0.15) is 5.52 Å². The number of nitrogens with two attached hydrogens (primary N) is 1. The second-order valence-corrected chi connectivity index (χ2v) is 6.17. The Bertz CT molecular complexity index is 802. The number of benzene rings is 1. The van der Waals surface area contributed by atoms with E-state index in [2.05, 4.69) is 35.9 Å². The third kappa shape index (κ3) is 3.06. The van der Waals surface area contributed by atoms with Crippen LogP contribution in [-0.4, -0.2) is 26.5 Å². The number of aromatic nitrogens is 4. The van der Waals surface area contributed by atoms with Crippen molar-refractivity contribution in [2.24, 2.45) is 0 Å². The number of Topliss-reactive ketones (excluding diaryl/α,β-unsaturated/α-hetero) is 1. The molecule has 0 unspecified atom stereocenters. The Kier molecular flexibility index (Phi) is 3.89. The Hall–Kier alpha value is -1.93. The molecule has 0 spiro atoms. The number of nitrogens with zero attached hydrogens (tertiary/aromatic N) is 2. The van der Waals surface area contributed by atoms with Crippen LogP contribution in [-0.2, 0) is 0 Å². The highest BCUT2D eigenvalue weighted by Gasteiger charge is 2.15. The van der Waals surface area contributed by atoms with Crippen LogP contribution in [0.15, 0.2) is 40.1 Å². The zero-order valence-electron chi connectivity index (χ0n) is 10.8. The largest absolute Gasteiger partial charge is 0.390 e. The summed E-state index contributed by atoms with van der Waals surface area (Å²) in [6, 6.07) is 7.29. The molecule has 0 aliphatic carbocycles. The lowest BCUT2D eigenvalue weighted by molar-refractivity contribution is -0.410. The molecule has 1 aromatic carbocycles. The average molecular weight is 365 g/mol. The molecule has 106 valence electrons.